The second kappa shape index (κ2) is 5.65. The van der Waals surface area contributed by atoms with Crippen LogP contribution in [0.3, 0.4) is 0 Å². The molecule has 2 aromatic heterocycles. The summed E-state index contributed by atoms with van der Waals surface area (Å²) in [6.45, 7) is 4.14. The van der Waals surface area contributed by atoms with Gasteiger partial charge in [-0.15, -0.1) is 5.10 Å². The smallest absolute Gasteiger partial charge is 0.316 e. The predicted octanol–water partition coefficient (Wildman–Crippen LogP) is 1.64. The molecule has 0 saturated heterocycles. The third-order valence-electron chi connectivity index (χ3n) is 2.87. The van der Waals surface area contributed by atoms with Crippen LogP contribution in [0.2, 0.25) is 0 Å². The Hall–Kier alpha value is -2.22. The van der Waals surface area contributed by atoms with E-state index in [0.29, 0.717) is 17.3 Å². The average molecular weight is 303 g/mol. The van der Waals surface area contributed by atoms with Gasteiger partial charge in [0, 0.05) is 0 Å². The summed E-state index contributed by atoms with van der Waals surface area (Å²) in [7, 11) is 0. The van der Waals surface area contributed by atoms with Gasteiger partial charge in [0.25, 0.3) is 0 Å². The molecule has 0 unspecified atom stereocenters. The molecular weight excluding hydrogens is 290 g/mol. The van der Waals surface area contributed by atoms with Crippen LogP contribution in [-0.4, -0.2) is 43.4 Å². The maximum Gasteiger partial charge on any atom is 0.316 e. The zero-order valence-corrected chi connectivity index (χ0v) is 12.4. The lowest BCUT2D eigenvalue weighted by atomic mass is 10.2. The first-order valence-corrected chi connectivity index (χ1v) is 7.44. The van der Waals surface area contributed by atoms with Crippen LogP contribution in [-0.2, 0) is 9.53 Å². The number of carbonyl (C=O) groups excluding carboxylic acids is 1. The SMILES string of the molecule is CCOC(=O)CSc1nc2ccc(C)cc2n2nnnc12. The number of fused-ring (bicyclic) bond motifs is 3. The molecule has 0 aliphatic carbocycles. The number of esters is 1. The highest BCUT2D eigenvalue weighted by molar-refractivity contribution is 8.00. The number of carbonyl (C=O) groups is 1. The maximum atomic E-state index is 11.5. The molecule has 0 amide bonds. The summed E-state index contributed by atoms with van der Waals surface area (Å²) in [4.78, 5) is 16.0. The van der Waals surface area contributed by atoms with Crippen molar-refractivity contribution in [3.8, 4) is 0 Å². The second-order valence-electron chi connectivity index (χ2n) is 4.42. The first-order chi connectivity index (χ1) is 10.2. The number of thioether (sulfide) groups is 1. The Morgan fingerprint density at radius 1 is 1.43 bits per heavy atom. The third-order valence-corrected chi connectivity index (χ3v) is 3.80. The molecule has 3 rings (SSSR count). The van der Waals surface area contributed by atoms with Crippen LogP contribution in [0, 0.1) is 6.92 Å². The van der Waals surface area contributed by atoms with E-state index in [4.69, 9.17) is 4.74 Å². The normalized spacial score (nSPS) is 11.1. The minimum atomic E-state index is -0.279. The molecule has 108 valence electrons. The van der Waals surface area contributed by atoms with Crippen molar-refractivity contribution in [2.75, 3.05) is 12.4 Å². The molecule has 0 aliphatic rings. The van der Waals surface area contributed by atoms with Crippen LogP contribution in [0.5, 0.6) is 0 Å². The van der Waals surface area contributed by atoms with Gasteiger partial charge in [0.05, 0.1) is 23.4 Å². The Balaban J connectivity index is 2.03. The highest BCUT2D eigenvalue weighted by Gasteiger charge is 2.14. The van der Waals surface area contributed by atoms with Crippen molar-refractivity contribution < 1.29 is 9.53 Å². The number of rotatable bonds is 4. The molecule has 8 heteroatoms. The first-order valence-electron chi connectivity index (χ1n) is 6.46. The van der Waals surface area contributed by atoms with Crippen molar-refractivity contribution in [3.05, 3.63) is 23.8 Å². The highest BCUT2D eigenvalue weighted by atomic mass is 32.2. The summed E-state index contributed by atoms with van der Waals surface area (Å²) in [5.74, 6) is -0.0975. The van der Waals surface area contributed by atoms with E-state index in [-0.39, 0.29) is 11.7 Å². The number of hydrogen-bond acceptors (Lipinski definition) is 7. The lowest BCUT2D eigenvalue weighted by Crippen LogP contribution is -2.07. The van der Waals surface area contributed by atoms with E-state index in [1.54, 1.807) is 11.4 Å². The molecule has 21 heavy (non-hydrogen) atoms. The zero-order valence-electron chi connectivity index (χ0n) is 11.6. The quantitative estimate of drug-likeness (QED) is 0.535. The number of hydrogen-bond donors (Lipinski definition) is 0. The lowest BCUT2D eigenvalue weighted by molar-refractivity contribution is -0.139. The van der Waals surface area contributed by atoms with Crippen LogP contribution in [0.25, 0.3) is 16.7 Å². The fourth-order valence-corrected chi connectivity index (χ4v) is 2.72. The Kier molecular flexibility index (Phi) is 3.70. The summed E-state index contributed by atoms with van der Waals surface area (Å²) in [6, 6.07) is 5.87. The number of nitrogens with zero attached hydrogens (tertiary/aromatic N) is 5. The summed E-state index contributed by atoms with van der Waals surface area (Å²) in [5.41, 5.74) is 3.28. The molecule has 1 aromatic carbocycles. The summed E-state index contributed by atoms with van der Waals surface area (Å²) < 4.78 is 6.56. The molecular formula is C13H13N5O2S. The molecule has 0 saturated carbocycles. The van der Waals surface area contributed by atoms with Gasteiger partial charge in [-0.3, -0.25) is 4.79 Å². The molecule has 2 heterocycles. The fourth-order valence-electron chi connectivity index (χ4n) is 1.97. The van der Waals surface area contributed by atoms with Crippen molar-refractivity contribution in [3.63, 3.8) is 0 Å². The van der Waals surface area contributed by atoms with E-state index in [9.17, 15) is 4.79 Å². The monoisotopic (exact) mass is 303 g/mol. The van der Waals surface area contributed by atoms with Gasteiger partial charge < -0.3 is 4.74 Å². The van der Waals surface area contributed by atoms with E-state index in [0.717, 1.165) is 16.6 Å². The maximum absolute atomic E-state index is 11.5. The molecule has 3 aromatic rings. The van der Waals surface area contributed by atoms with Crippen molar-refractivity contribution >= 4 is 34.4 Å². The van der Waals surface area contributed by atoms with Crippen LogP contribution in [0.15, 0.2) is 23.2 Å². The lowest BCUT2D eigenvalue weighted by Gasteiger charge is -2.05. The molecule has 0 N–H and O–H groups in total. The van der Waals surface area contributed by atoms with Gasteiger partial charge in [-0.05, 0) is 42.0 Å². The number of aryl methyl sites for hydroxylation is 1. The Morgan fingerprint density at radius 2 is 2.29 bits per heavy atom. The number of aromatic nitrogens is 5. The Labute approximate surface area is 124 Å². The largest absolute Gasteiger partial charge is 0.465 e. The van der Waals surface area contributed by atoms with Gasteiger partial charge in [-0.2, -0.15) is 4.52 Å². The van der Waals surface area contributed by atoms with Crippen molar-refractivity contribution in [1.29, 1.82) is 0 Å². The number of benzene rings is 1. The van der Waals surface area contributed by atoms with E-state index >= 15 is 0 Å². The third kappa shape index (κ3) is 2.66. The van der Waals surface area contributed by atoms with Gasteiger partial charge in [0.15, 0.2) is 0 Å². The molecule has 0 radical (unpaired) electrons. The molecule has 0 bridgehead atoms. The Morgan fingerprint density at radius 3 is 3.10 bits per heavy atom. The summed E-state index contributed by atoms with van der Waals surface area (Å²) in [6.07, 6.45) is 0. The van der Waals surface area contributed by atoms with Crippen molar-refractivity contribution in [1.82, 2.24) is 25.0 Å². The van der Waals surface area contributed by atoms with Crippen LogP contribution in [0.4, 0.5) is 0 Å². The molecule has 0 atom stereocenters. The van der Waals surface area contributed by atoms with Gasteiger partial charge in [-0.1, -0.05) is 17.8 Å². The number of ether oxygens (including phenoxy) is 1. The van der Waals surface area contributed by atoms with Crippen LogP contribution in [0.1, 0.15) is 12.5 Å². The van der Waals surface area contributed by atoms with Gasteiger partial charge >= 0.3 is 5.97 Å². The summed E-state index contributed by atoms with van der Waals surface area (Å²) in [5, 5.41) is 12.3. The van der Waals surface area contributed by atoms with Crippen LogP contribution >= 0.6 is 11.8 Å². The van der Waals surface area contributed by atoms with Crippen molar-refractivity contribution in [2.24, 2.45) is 0 Å². The minimum Gasteiger partial charge on any atom is -0.465 e. The minimum absolute atomic E-state index is 0.181. The Bertz CT molecular complexity index is 817. The van der Waals surface area contributed by atoms with E-state index in [2.05, 4.69) is 20.5 Å². The standard InChI is InChI=1S/C13H13N5O2S/c1-3-20-11(19)7-21-13-12-15-16-17-18(12)10-6-8(2)4-5-9(10)14-13/h4-6H,3,7H2,1-2H3. The molecule has 0 aliphatic heterocycles. The second-order valence-corrected chi connectivity index (χ2v) is 5.38. The molecule has 7 nitrogen and oxygen atoms in total. The zero-order chi connectivity index (χ0) is 14.8. The fraction of sp³-hybridized carbons (Fsp3) is 0.308. The number of tetrazole rings is 1. The first kappa shape index (κ1) is 13.7. The predicted molar refractivity (Wildman–Crippen MR) is 78.2 cm³/mol. The van der Waals surface area contributed by atoms with E-state index in [1.165, 1.54) is 11.8 Å². The van der Waals surface area contributed by atoms with E-state index < -0.39 is 0 Å². The van der Waals surface area contributed by atoms with Crippen LogP contribution < -0.4 is 0 Å². The van der Waals surface area contributed by atoms with Gasteiger partial charge in [0.2, 0.25) is 5.65 Å². The average Bonchev–Trinajstić information content (AvgIpc) is 2.95. The summed E-state index contributed by atoms with van der Waals surface area (Å²) >= 11 is 1.27. The molecule has 0 fully saturated rings. The van der Waals surface area contributed by atoms with Gasteiger partial charge in [0.1, 0.15) is 5.03 Å². The topological polar surface area (TPSA) is 82.3 Å². The van der Waals surface area contributed by atoms with Crippen molar-refractivity contribution in [2.45, 2.75) is 18.9 Å². The van der Waals surface area contributed by atoms with E-state index in [1.807, 2.05) is 25.1 Å². The highest BCUT2D eigenvalue weighted by Crippen LogP contribution is 2.24. The van der Waals surface area contributed by atoms with Gasteiger partial charge in [-0.25, -0.2) is 4.98 Å². The molecule has 0 spiro atoms.